The zero-order chi connectivity index (χ0) is 8.93. The van der Waals surface area contributed by atoms with E-state index in [2.05, 4.69) is 57.1 Å². The summed E-state index contributed by atoms with van der Waals surface area (Å²) in [5.41, 5.74) is 0. The van der Waals surface area contributed by atoms with Gasteiger partial charge in [-0.05, 0) is 0 Å². The van der Waals surface area contributed by atoms with E-state index in [9.17, 15) is 0 Å². The van der Waals surface area contributed by atoms with E-state index in [4.69, 9.17) is 0 Å². The fourth-order valence-electron chi connectivity index (χ4n) is 1.13. The fraction of sp³-hybridized carbons (Fsp3) is 0.0909. The van der Waals surface area contributed by atoms with Crippen molar-refractivity contribution in [1.82, 2.24) is 0 Å². The molecule has 0 N–H and O–H groups in total. The average Bonchev–Trinajstić information content (AvgIpc) is 2.69. The van der Waals surface area contributed by atoms with E-state index in [0.29, 0.717) is 0 Å². The normalized spacial score (nSPS) is 13.3. The summed E-state index contributed by atoms with van der Waals surface area (Å²) in [6.07, 6.45) is 7.80. The van der Waals surface area contributed by atoms with Crippen LogP contribution >= 0.6 is 20.9 Å². The van der Waals surface area contributed by atoms with E-state index in [1.54, 1.807) is 8.18 Å². The number of rotatable bonds is 3. The molecule has 1 aliphatic rings. The van der Waals surface area contributed by atoms with Crippen LogP contribution in [0.25, 0.3) is 0 Å². The summed E-state index contributed by atoms with van der Waals surface area (Å²) in [5, 5.41) is 0. The van der Waals surface area contributed by atoms with E-state index >= 15 is 0 Å². The third-order valence-electron chi connectivity index (χ3n) is 1.81. The first-order valence-electron chi connectivity index (χ1n) is 4.29. The van der Waals surface area contributed by atoms with E-state index in [1.807, 2.05) is 0 Å². The molecule has 0 saturated carbocycles. The van der Waals surface area contributed by atoms with Gasteiger partial charge in [-0.25, -0.2) is 0 Å². The maximum absolute atomic E-state index is 2.25. The topological polar surface area (TPSA) is 0 Å². The van der Waals surface area contributed by atoms with Crippen molar-refractivity contribution in [3.05, 3.63) is 53.5 Å². The molecular formula is C11H11ClSZr. The molecule has 0 atom stereocenters. The van der Waals surface area contributed by atoms with Gasteiger partial charge in [-0.1, -0.05) is 0 Å². The molecule has 0 radical (unpaired) electrons. The molecule has 0 aliphatic heterocycles. The Morgan fingerprint density at radius 3 is 2.57 bits per heavy atom. The Balaban J connectivity index is 0.000000980. The molecule has 0 fully saturated rings. The summed E-state index contributed by atoms with van der Waals surface area (Å²) in [6, 6.07) is 10.9. The van der Waals surface area contributed by atoms with Crippen molar-refractivity contribution in [3.8, 4) is 0 Å². The first kappa shape index (κ1) is 12.3. The van der Waals surface area contributed by atoms with Gasteiger partial charge in [-0.2, -0.15) is 0 Å². The van der Waals surface area contributed by atoms with Crippen LogP contribution in [0.2, 0.25) is 0 Å². The van der Waals surface area contributed by atoms with Crippen molar-refractivity contribution in [2.24, 2.45) is 0 Å². The SMILES string of the molecule is C1=CCC([S][Zr][c]2ccccc2)=C1.Cl. The molecule has 1 aromatic carbocycles. The van der Waals surface area contributed by atoms with E-state index < -0.39 is 21.8 Å². The van der Waals surface area contributed by atoms with Crippen molar-refractivity contribution >= 4 is 24.2 Å². The summed E-state index contributed by atoms with van der Waals surface area (Å²) in [7, 11) is 2.11. The number of hydrogen-bond donors (Lipinski definition) is 0. The van der Waals surface area contributed by atoms with E-state index in [-0.39, 0.29) is 12.4 Å². The Hall–Kier alpha value is 0.223. The van der Waals surface area contributed by atoms with Gasteiger partial charge in [0.05, 0.1) is 0 Å². The fourth-order valence-corrected chi connectivity index (χ4v) is 6.27. The molecule has 14 heavy (non-hydrogen) atoms. The Bertz CT molecular complexity index is 332. The minimum absolute atomic E-state index is 0. The quantitative estimate of drug-likeness (QED) is 0.825. The minimum Gasteiger partial charge on any atom is -0.147 e. The van der Waals surface area contributed by atoms with Crippen LogP contribution in [0.3, 0.4) is 0 Å². The molecule has 0 saturated heterocycles. The van der Waals surface area contributed by atoms with Gasteiger partial charge in [0.15, 0.2) is 0 Å². The molecular weight excluding hydrogens is 291 g/mol. The van der Waals surface area contributed by atoms with Crippen LogP contribution in [-0.2, 0) is 21.8 Å². The van der Waals surface area contributed by atoms with Gasteiger partial charge in [0, 0.05) is 0 Å². The minimum atomic E-state index is -0.407. The molecule has 1 aliphatic carbocycles. The van der Waals surface area contributed by atoms with Gasteiger partial charge >= 0.3 is 93.4 Å². The van der Waals surface area contributed by atoms with Gasteiger partial charge in [0.25, 0.3) is 0 Å². The maximum Gasteiger partial charge on any atom is -0.147 e. The van der Waals surface area contributed by atoms with Crippen LogP contribution in [0.15, 0.2) is 53.5 Å². The Morgan fingerprint density at radius 2 is 1.93 bits per heavy atom. The number of benzene rings is 1. The summed E-state index contributed by atoms with van der Waals surface area (Å²) < 4.78 is 1.57. The predicted molar refractivity (Wildman–Crippen MR) is 62.8 cm³/mol. The van der Waals surface area contributed by atoms with Gasteiger partial charge in [-0.15, -0.1) is 12.4 Å². The zero-order valence-electron chi connectivity index (χ0n) is 7.64. The standard InChI is InChI=1S/C6H5.C5H6S.ClH.Zr/c1-2-4-6-5-3-1;6-5-3-1-2-4-5;;/h1-5H;1-3,6H,4H2;1H;/q;;;+1/p-1. The largest absolute Gasteiger partial charge is 0.147 e. The maximum atomic E-state index is 2.25. The van der Waals surface area contributed by atoms with Crippen molar-refractivity contribution < 1.29 is 21.8 Å². The molecule has 1 aromatic rings. The van der Waals surface area contributed by atoms with Gasteiger partial charge in [0.2, 0.25) is 0 Å². The van der Waals surface area contributed by atoms with E-state index in [1.165, 1.54) is 6.42 Å². The van der Waals surface area contributed by atoms with Crippen LogP contribution in [0.5, 0.6) is 0 Å². The first-order chi connectivity index (χ1) is 6.45. The molecule has 2 rings (SSSR count). The van der Waals surface area contributed by atoms with Crippen LogP contribution < -0.4 is 3.27 Å². The second-order valence-electron chi connectivity index (χ2n) is 2.84. The summed E-state index contributed by atoms with van der Waals surface area (Å²) in [4.78, 5) is 1.55. The summed E-state index contributed by atoms with van der Waals surface area (Å²) >= 11 is -0.407. The summed E-state index contributed by atoms with van der Waals surface area (Å²) in [5.74, 6) is 0. The Labute approximate surface area is 105 Å². The molecule has 0 aromatic heterocycles. The number of allylic oxidation sites excluding steroid dienone is 4. The first-order valence-corrected chi connectivity index (χ1v) is 9.34. The second kappa shape index (κ2) is 6.66. The van der Waals surface area contributed by atoms with Crippen molar-refractivity contribution in [2.45, 2.75) is 6.42 Å². The molecule has 0 spiro atoms. The number of hydrogen-bond acceptors (Lipinski definition) is 1. The van der Waals surface area contributed by atoms with Gasteiger partial charge < -0.3 is 0 Å². The Morgan fingerprint density at radius 1 is 1.14 bits per heavy atom. The summed E-state index contributed by atoms with van der Waals surface area (Å²) in [6.45, 7) is 0. The third kappa shape index (κ3) is 3.76. The average molecular weight is 302 g/mol. The molecule has 0 amide bonds. The molecule has 72 valence electrons. The van der Waals surface area contributed by atoms with E-state index in [0.717, 1.165) is 0 Å². The van der Waals surface area contributed by atoms with Gasteiger partial charge in [-0.3, -0.25) is 0 Å². The van der Waals surface area contributed by atoms with Gasteiger partial charge in [0.1, 0.15) is 0 Å². The monoisotopic (exact) mass is 300 g/mol. The number of halogens is 1. The molecule has 3 heteroatoms. The zero-order valence-corrected chi connectivity index (χ0v) is 11.7. The smallest absolute Gasteiger partial charge is 0.147 e. The van der Waals surface area contributed by atoms with Crippen LogP contribution in [0.1, 0.15) is 6.42 Å². The Kier molecular flexibility index (Phi) is 5.85. The van der Waals surface area contributed by atoms with Crippen LogP contribution in [0, 0.1) is 0 Å². The molecule has 0 heterocycles. The van der Waals surface area contributed by atoms with Crippen molar-refractivity contribution in [2.75, 3.05) is 0 Å². The predicted octanol–water partition coefficient (Wildman–Crippen LogP) is 3.31. The molecule has 0 nitrogen and oxygen atoms in total. The van der Waals surface area contributed by atoms with Crippen molar-refractivity contribution in [1.29, 1.82) is 0 Å². The van der Waals surface area contributed by atoms with Crippen molar-refractivity contribution in [3.63, 3.8) is 0 Å². The van der Waals surface area contributed by atoms with Crippen LogP contribution in [-0.4, -0.2) is 0 Å². The third-order valence-corrected chi connectivity index (χ3v) is 7.96. The molecule has 0 unspecified atom stereocenters. The van der Waals surface area contributed by atoms with Crippen LogP contribution in [0.4, 0.5) is 0 Å². The molecule has 0 bridgehead atoms. The second-order valence-corrected chi connectivity index (χ2v) is 8.20.